The third-order valence-electron chi connectivity index (χ3n) is 5.69. The maximum Gasteiger partial charge on any atom is 0.260 e. The number of ether oxygens (including phenoxy) is 1. The molecule has 6 nitrogen and oxygen atoms in total. The van der Waals surface area contributed by atoms with Crippen molar-refractivity contribution in [1.82, 2.24) is 9.99 Å². The first-order valence-electron chi connectivity index (χ1n) is 11.3. The Balaban J connectivity index is 1.30. The highest BCUT2D eigenvalue weighted by Crippen LogP contribution is 2.19. The second-order valence-corrected chi connectivity index (χ2v) is 8.09. The van der Waals surface area contributed by atoms with E-state index in [0.717, 1.165) is 16.9 Å². The van der Waals surface area contributed by atoms with Gasteiger partial charge in [0, 0.05) is 10.8 Å². The number of rotatable bonds is 7. The summed E-state index contributed by atoms with van der Waals surface area (Å²) < 4.78 is 7.69. The van der Waals surface area contributed by atoms with Crippen molar-refractivity contribution in [3.05, 3.63) is 124 Å². The van der Waals surface area contributed by atoms with Crippen LogP contribution in [0.5, 0.6) is 5.75 Å². The van der Waals surface area contributed by atoms with Crippen molar-refractivity contribution in [2.45, 2.75) is 13.2 Å². The molecule has 0 saturated heterocycles. The number of amides is 1. The number of hydrogen-bond acceptors (Lipinski definition) is 4. The summed E-state index contributed by atoms with van der Waals surface area (Å²) in [5, 5.41) is 5.28. The molecule has 0 aliphatic carbocycles. The summed E-state index contributed by atoms with van der Waals surface area (Å²) in [6.07, 6.45) is 1.58. The monoisotopic (exact) mass is 461 g/mol. The Morgan fingerprint density at radius 1 is 0.829 bits per heavy atom. The van der Waals surface area contributed by atoms with Crippen LogP contribution in [0.1, 0.15) is 11.1 Å². The molecular weight excluding hydrogens is 438 g/mol. The fourth-order valence-electron chi connectivity index (χ4n) is 4.03. The van der Waals surface area contributed by atoms with Crippen molar-refractivity contribution in [2.75, 3.05) is 0 Å². The lowest BCUT2D eigenvalue weighted by atomic mass is 10.1. The van der Waals surface area contributed by atoms with Crippen LogP contribution >= 0.6 is 0 Å². The van der Waals surface area contributed by atoms with Crippen LogP contribution in [0.2, 0.25) is 0 Å². The predicted molar refractivity (Wildman–Crippen MR) is 139 cm³/mol. The molecule has 5 rings (SSSR count). The van der Waals surface area contributed by atoms with Gasteiger partial charge in [0.1, 0.15) is 18.9 Å². The number of nitrogens with zero attached hydrogens (tertiary/aromatic N) is 2. The number of hydrazone groups is 1. The zero-order valence-electron chi connectivity index (χ0n) is 18.9. The van der Waals surface area contributed by atoms with Crippen LogP contribution in [0.25, 0.3) is 21.8 Å². The van der Waals surface area contributed by atoms with Crippen LogP contribution in [0.15, 0.2) is 113 Å². The van der Waals surface area contributed by atoms with Crippen LogP contribution in [-0.4, -0.2) is 16.7 Å². The zero-order chi connectivity index (χ0) is 24.0. The summed E-state index contributed by atoms with van der Waals surface area (Å²) in [5.74, 6) is 0.423. The molecule has 0 spiro atoms. The van der Waals surface area contributed by atoms with Crippen LogP contribution in [0.4, 0.5) is 0 Å². The molecule has 0 fully saturated rings. The largest absolute Gasteiger partial charge is 0.489 e. The van der Waals surface area contributed by atoms with E-state index >= 15 is 0 Å². The molecule has 0 radical (unpaired) electrons. The van der Waals surface area contributed by atoms with Crippen LogP contribution in [0, 0.1) is 0 Å². The maximum absolute atomic E-state index is 12.9. The summed E-state index contributed by atoms with van der Waals surface area (Å²) in [7, 11) is 0. The minimum absolute atomic E-state index is 0.0267. The van der Waals surface area contributed by atoms with Crippen LogP contribution < -0.4 is 15.6 Å². The van der Waals surface area contributed by atoms with E-state index in [1.807, 2.05) is 95.6 Å². The van der Waals surface area contributed by atoms with E-state index in [9.17, 15) is 9.59 Å². The van der Waals surface area contributed by atoms with Crippen LogP contribution in [0.3, 0.4) is 0 Å². The summed E-state index contributed by atoms with van der Waals surface area (Å²) in [6.45, 7) is 0.498. The van der Waals surface area contributed by atoms with Crippen molar-refractivity contribution in [3.63, 3.8) is 0 Å². The van der Waals surface area contributed by atoms with Gasteiger partial charge in [0.05, 0.1) is 17.2 Å². The predicted octanol–water partition coefficient (Wildman–Crippen LogP) is 4.88. The Kier molecular flexibility index (Phi) is 6.35. The average Bonchev–Trinajstić information content (AvgIpc) is 2.91. The molecule has 4 aromatic carbocycles. The molecule has 1 amide bonds. The molecular formula is C29H23N3O3. The van der Waals surface area contributed by atoms with E-state index in [4.69, 9.17) is 4.74 Å². The van der Waals surface area contributed by atoms with Gasteiger partial charge >= 0.3 is 0 Å². The quantitative estimate of drug-likeness (QED) is 0.213. The zero-order valence-corrected chi connectivity index (χ0v) is 18.9. The minimum Gasteiger partial charge on any atom is -0.489 e. The van der Waals surface area contributed by atoms with Gasteiger partial charge in [0.15, 0.2) is 5.43 Å². The molecule has 35 heavy (non-hydrogen) atoms. The van der Waals surface area contributed by atoms with E-state index < -0.39 is 0 Å². The van der Waals surface area contributed by atoms with E-state index in [-0.39, 0.29) is 17.9 Å². The maximum atomic E-state index is 12.9. The number of carbonyl (C=O) groups excluding carboxylic acids is 1. The third kappa shape index (κ3) is 4.96. The van der Waals surface area contributed by atoms with Gasteiger partial charge in [-0.1, -0.05) is 66.7 Å². The Morgan fingerprint density at radius 2 is 1.49 bits per heavy atom. The summed E-state index contributed by atoms with van der Waals surface area (Å²) >= 11 is 0. The summed E-state index contributed by atoms with van der Waals surface area (Å²) in [5.41, 5.74) is 5.85. The molecule has 5 aromatic rings. The Bertz CT molecular complexity index is 1530. The molecule has 1 aromatic heterocycles. The number of fused-ring (bicyclic) bond motifs is 2. The molecule has 172 valence electrons. The van der Waals surface area contributed by atoms with Crippen molar-refractivity contribution in [1.29, 1.82) is 0 Å². The Hall–Kier alpha value is -4.71. The standard InChI is InChI=1S/C29H23N3O3/c33-28(19-32-26-15-6-4-13-24(26)29(34)25-14-5-7-16-27(25)32)31-30-18-22-11-8-12-23(17-22)35-20-21-9-2-1-3-10-21/h1-18H,19-20H2,(H,31,33)/b30-18-. The highest BCUT2D eigenvalue weighted by atomic mass is 16.5. The number of hydrogen-bond donors (Lipinski definition) is 1. The molecule has 0 aliphatic rings. The molecule has 0 aliphatic heterocycles. The number of aromatic nitrogens is 1. The lowest BCUT2D eigenvalue weighted by Gasteiger charge is -2.14. The summed E-state index contributed by atoms with van der Waals surface area (Å²) in [6, 6.07) is 32.1. The fraction of sp³-hybridized carbons (Fsp3) is 0.0690. The minimum atomic E-state index is -0.295. The SMILES string of the molecule is O=C(Cn1c2ccccc2c(=O)c2ccccc21)N/N=C\c1cccc(OCc2ccccc2)c1. The first-order chi connectivity index (χ1) is 17.2. The normalized spacial score (nSPS) is 11.2. The summed E-state index contributed by atoms with van der Waals surface area (Å²) in [4.78, 5) is 25.6. The lowest BCUT2D eigenvalue weighted by Crippen LogP contribution is -2.25. The van der Waals surface area contributed by atoms with Gasteiger partial charge in [0.2, 0.25) is 0 Å². The van der Waals surface area contributed by atoms with E-state index in [0.29, 0.717) is 28.4 Å². The molecule has 1 heterocycles. The van der Waals surface area contributed by atoms with Gasteiger partial charge in [-0.25, -0.2) is 5.43 Å². The van der Waals surface area contributed by atoms with E-state index in [1.165, 1.54) is 0 Å². The topological polar surface area (TPSA) is 72.7 Å². The second kappa shape index (κ2) is 10.1. The first kappa shape index (κ1) is 22.1. The number of para-hydroxylation sites is 2. The van der Waals surface area contributed by atoms with Gasteiger partial charge in [-0.2, -0.15) is 5.10 Å². The number of carbonyl (C=O) groups is 1. The van der Waals surface area contributed by atoms with Gasteiger partial charge < -0.3 is 9.30 Å². The molecule has 0 unspecified atom stereocenters. The van der Waals surface area contributed by atoms with Crippen molar-refractivity contribution >= 4 is 33.9 Å². The number of nitrogens with one attached hydrogen (secondary N) is 1. The van der Waals surface area contributed by atoms with Crippen molar-refractivity contribution in [3.8, 4) is 5.75 Å². The third-order valence-corrected chi connectivity index (χ3v) is 5.69. The Morgan fingerprint density at radius 3 is 2.20 bits per heavy atom. The average molecular weight is 462 g/mol. The first-order valence-corrected chi connectivity index (χ1v) is 11.3. The fourth-order valence-corrected chi connectivity index (χ4v) is 4.03. The van der Waals surface area contributed by atoms with Gasteiger partial charge in [0.25, 0.3) is 5.91 Å². The molecule has 0 atom stereocenters. The number of benzene rings is 4. The molecule has 6 heteroatoms. The van der Waals surface area contributed by atoms with Gasteiger partial charge in [-0.3, -0.25) is 9.59 Å². The highest BCUT2D eigenvalue weighted by molar-refractivity contribution is 5.95. The molecule has 0 saturated carbocycles. The van der Waals surface area contributed by atoms with Crippen molar-refractivity contribution < 1.29 is 9.53 Å². The van der Waals surface area contributed by atoms with E-state index in [2.05, 4.69) is 10.5 Å². The lowest BCUT2D eigenvalue weighted by molar-refractivity contribution is -0.121. The number of pyridine rings is 1. The van der Waals surface area contributed by atoms with Gasteiger partial charge in [-0.05, 0) is 47.5 Å². The highest BCUT2D eigenvalue weighted by Gasteiger charge is 2.12. The smallest absolute Gasteiger partial charge is 0.260 e. The van der Waals surface area contributed by atoms with Gasteiger partial charge in [-0.15, -0.1) is 0 Å². The second-order valence-electron chi connectivity index (χ2n) is 8.09. The van der Waals surface area contributed by atoms with E-state index in [1.54, 1.807) is 18.3 Å². The van der Waals surface area contributed by atoms with Crippen molar-refractivity contribution in [2.24, 2.45) is 5.10 Å². The Labute approximate surface area is 202 Å². The van der Waals surface area contributed by atoms with Crippen LogP contribution in [-0.2, 0) is 17.9 Å². The molecule has 1 N–H and O–H groups in total. The molecule has 0 bridgehead atoms.